The number of aromatic carboxylic acids is 1. The normalized spacial score (nSPS) is 13.5. The molecule has 0 saturated heterocycles. The number of alkyl halides is 3. The molecule has 1 aromatic heterocycles. The minimum absolute atomic E-state index is 0. The summed E-state index contributed by atoms with van der Waals surface area (Å²) in [6, 6.07) is 10.0. The Bertz CT molecular complexity index is 1280. The van der Waals surface area contributed by atoms with Crippen molar-refractivity contribution in [1.29, 1.82) is 0 Å². The van der Waals surface area contributed by atoms with Gasteiger partial charge in [0.25, 0.3) is 0 Å². The Balaban J connectivity index is 0.00000228. The quantitative estimate of drug-likeness (QED) is 0.414. The monoisotopic (exact) mass is 499 g/mol. The number of benzene rings is 2. The number of hydrogen-bond donors (Lipinski definition) is 1. The van der Waals surface area contributed by atoms with E-state index in [1.54, 1.807) is 0 Å². The third-order valence-electron chi connectivity index (χ3n) is 5.56. The van der Waals surface area contributed by atoms with Gasteiger partial charge in [-0.15, -0.1) is 0 Å². The Morgan fingerprint density at radius 1 is 1.03 bits per heavy atom. The maximum atomic E-state index is 13.9. The summed E-state index contributed by atoms with van der Waals surface area (Å²) in [6.45, 7) is -0.0477. The molecule has 0 amide bonds. The first kappa shape index (κ1) is 26.8. The smallest absolute Gasteiger partial charge is 1.00 e. The number of carbonyl (C=O) groups is 1. The fourth-order valence-corrected chi connectivity index (χ4v) is 3.91. The van der Waals surface area contributed by atoms with E-state index in [9.17, 15) is 31.9 Å². The van der Waals surface area contributed by atoms with Gasteiger partial charge in [-0.2, -0.15) is 13.2 Å². The van der Waals surface area contributed by atoms with Gasteiger partial charge in [-0.25, -0.2) is 18.6 Å². The van der Waals surface area contributed by atoms with Crippen LogP contribution in [-0.4, -0.2) is 16.1 Å². The predicted molar refractivity (Wildman–Crippen MR) is 115 cm³/mol. The topological polar surface area (TPSA) is 59.4 Å². The number of rotatable bonds is 6. The zero-order chi connectivity index (χ0) is 24.5. The molecule has 10 heteroatoms. The number of carboxylic acids is 1. The molecular formula is C25H19F5NNaO3. The van der Waals surface area contributed by atoms with Gasteiger partial charge in [0.15, 0.2) is 0 Å². The first-order valence-corrected chi connectivity index (χ1v) is 10.3. The third-order valence-corrected chi connectivity index (χ3v) is 5.56. The van der Waals surface area contributed by atoms with Crippen LogP contribution in [0.4, 0.5) is 22.0 Å². The zero-order valence-electron chi connectivity index (χ0n) is 19.6. The second kappa shape index (κ2) is 10.9. The van der Waals surface area contributed by atoms with E-state index < -0.39 is 34.9 Å². The SMILES string of the molecule is O=C(O)c1cc(C2=C(c3cc(C(F)(F)F)cnc3OCc3ccc(F)cc3)CCC2)ccc1F.[H-].[Na+]. The molecule has 1 heterocycles. The van der Waals surface area contributed by atoms with E-state index in [0.717, 1.165) is 12.1 Å². The van der Waals surface area contributed by atoms with E-state index in [4.69, 9.17) is 4.74 Å². The van der Waals surface area contributed by atoms with Crippen molar-refractivity contribution in [2.24, 2.45) is 0 Å². The minimum atomic E-state index is -4.64. The molecule has 0 saturated carbocycles. The minimum Gasteiger partial charge on any atom is -1.00 e. The molecule has 35 heavy (non-hydrogen) atoms. The molecule has 2 aromatic carbocycles. The summed E-state index contributed by atoms with van der Waals surface area (Å²) >= 11 is 0. The van der Waals surface area contributed by atoms with Crippen LogP contribution in [0.5, 0.6) is 5.88 Å². The summed E-state index contributed by atoms with van der Waals surface area (Å²) in [5, 5.41) is 9.25. The van der Waals surface area contributed by atoms with Crippen molar-refractivity contribution in [2.45, 2.75) is 32.0 Å². The molecule has 0 bridgehead atoms. The summed E-state index contributed by atoms with van der Waals surface area (Å²) < 4.78 is 73.1. The van der Waals surface area contributed by atoms with E-state index in [-0.39, 0.29) is 49.0 Å². The van der Waals surface area contributed by atoms with Crippen molar-refractivity contribution in [3.63, 3.8) is 0 Å². The number of hydrogen-bond acceptors (Lipinski definition) is 3. The molecule has 3 aromatic rings. The van der Waals surface area contributed by atoms with Gasteiger partial charge in [-0.05, 0) is 71.9 Å². The summed E-state index contributed by atoms with van der Waals surface area (Å²) in [5.41, 5.74) is 0.788. The van der Waals surface area contributed by atoms with Gasteiger partial charge in [0.1, 0.15) is 18.2 Å². The molecule has 0 fully saturated rings. The third kappa shape index (κ3) is 6.09. The Morgan fingerprint density at radius 3 is 2.37 bits per heavy atom. The molecule has 1 aliphatic rings. The van der Waals surface area contributed by atoms with E-state index in [1.807, 2.05) is 0 Å². The standard InChI is InChI=1S/C25H18F5NO3.Na.H/c26-17-7-4-14(5-8-17)13-34-23-20(11-16(12-31-23)25(28,29)30)19-3-1-2-18(19)15-6-9-22(27)21(10-15)24(32)33;;/h4-12H,1-3,13H2,(H,32,33);;/q;+1;-1. The number of aromatic nitrogens is 1. The van der Waals surface area contributed by atoms with Gasteiger partial charge >= 0.3 is 41.7 Å². The molecule has 0 atom stereocenters. The zero-order valence-corrected chi connectivity index (χ0v) is 20.6. The predicted octanol–water partition coefficient (Wildman–Crippen LogP) is 3.87. The molecule has 0 radical (unpaired) electrons. The first-order chi connectivity index (χ1) is 16.1. The summed E-state index contributed by atoms with van der Waals surface area (Å²) in [4.78, 5) is 15.3. The van der Waals surface area contributed by atoms with Gasteiger partial charge < -0.3 is 11.3 Å². The summed E-state index contributed by atoms with van der Waals surface area (Å²) in [7, 11) is 0. The van der Waals surface area contributed by atoms with Crippen molar-refractivity contribution >= 4 is 17.1 Å². The largest absolute Gasteiger partial charge is 1.00 e. The van der Waals surface area contributed by atoms with Crippen LogP contribution in [0.1, 0.15) is 53.3 Å². The van der Waals surface area contributed by atoms with Crippen LogP contribution in [0.25, 0.3) is 11.1 Å². The van der Waals surface area contributed by atoms with Gasteiger partial charge in [-0.3, -0.25) is 0 Å². The van der Waals surface area contributed by atoms with Crippen LogP contribution >= 0.6 is 0 Å². The van der Waals surface area contributed by atoms with E-state index in [0.29, 0.717) is 47.7 Å². The van der Waals surface area contributed by atoms with Crippen LogP contribution in [-0.2, 0) is 12.8 Å². The molecular weight excluding hydrogens is 480 g/mol. The van der Waals surface area contributed by atoms with Crippen LogP contribution < -0.4 is 34.3 Å². The Labute approximate surface area is 221 Å². The molecule has 4 rings (SSSR count). The van der Waals surface area contributed by atoms with Crippen molar-refractivity contribution in [3.05, 3.63) is 94.2 Å². The average Bonchev–Trinajstić information content (AvgIpc) is 3.28. The maximum absolute atomic E-state index is 13.9. The van der Waals surface area contributed by atoms with Crippen LogP contribution in [0.15, 0.2) is 54.7 Å². The Kier molecular flexibility index (Phi) is 8.35. The number of halogens is 5. The number of ether oxygens (including phenoxy) is 1. The van der Waals surface area contributed by atoms with E-state index in [2.05, 4.69) is 4.98 Å². The molecule has 4 nitrogen and oxygen atoms in total. The van der Waals surface area contributed by atoms with Crippen molar-refractivity contribution < 1.29 is 67.6 Å². The van der Waals surface area contributed by atoms with Crippen molar-refractivity contribution in [1.82, 2.24) is 4.98 Å². The summed E-state index contributed by atoms with van der Waals surface area (Å²) in [6.07, 6.45) is -2.47. The van der Waals surface area contributed by atoms with Gasteiger partial charge in [0.2, 0.25) is 5.88 Å². The van der Waals surface area contributed by atoms with Crippen molar-refractivity contribution in [2.75, 3.05) is 0 Å². The number of nitrogens with zero attached hydrogens (tertiary/aromatic N) is 1. The molecule has 0 aliphatic heterocycles. The second-order valence-electron chi connectivity index (χ2n) is 7.80. The van der Waals surface area contributed by atoms with Crippen molar-refractivity contribution in [3.8, 4) is 5.88 Å². The van der Waals surface area contributed by atoms with E-state index in [1.165, 1.54) is 36.4 Å². The maximum Gasteiger partial charge on any atom is 1.00 e. The van der Waals surface area contributed by atoms with E-state index >= 15 is 0 Å². The molecule has 0 spiro atoms. The van der Waals surface area contributed by atoms with Gasteiger partial charge in [-0.1, -0.05) is 18.2 Å². The number of allylic oxidation sites excluding steroid dienone is 2. The number of carboxylic acid groups (broad SMARTS) is 1. The molecule has 178 valence electrons. The van der Waals surface area contributed by atoms with Crippen LogP contribution in [0, 0.1) is 11.6 Å². The Hall–Kier alpha value is -2.75. The summed E-state index contributed by atoms with van der Waals surface area (Å²) in [5.74, 6) is -2.81. The molecule has 1 aliphatic carbocycles. The first-order valence-electron chi connectivity index (χ1n) is 10.3. The van der Waals surface area contributed by atoms with Crippen LogP contribution in [0.3, 0.4) is 0 Å². The van der Waals surface area contributed by atoms with Gasteiger partial charge in [0.05, 0.1) is 11.1 Å². The van der Waals surface area contributed by atoms with Crippen LogP contribution in [0.2, 0.25) is 0 Å². The second-order valence-corrected chi connectivity index (χ2v) is 7.80. The molecule has 0 unspecified atom stereocenters. The van der Waals surface area contributed by atoms with Gasteiger partial charge in [0, 0.05) is 11.8 Å². The Morgan fingerprint density at radius 2 is 1.71 bits per heavy atom. The fourth-order valence-electron chi connectivity index (χ4n) is 3.91. The average molecular weight is 499 g/mol. The molecule has 1 N–H and O–H groups in total. The number of pyridine rings is 1. The fraction of sp³-hybridized carbons (Fsp3) is 0.200.